The molecule has 1 fully saturated rings. The number of carbonyl (C=O) groups is 3. The molecule has 1 aromatic rings. The number of carbonyl (C=O) groups excluding carboxylic acids is 3. The predicted molar refractivity (Wildman–Crippen MR) is 100 cm³/mol. The van der Waals surface area contributed by atoms with Gasteiger partial charge in [0, 0.05) is 32.0 Å². The second kappa shape index (κ2) is 11.3. The zero-order valence-electron chi connectivity index (χ0n) is 15.3. The molecule has 3 amide bonds. The first-order valence-corrected chi connectivity index (χ1v) is 9.50. The summed E-state index contributed by atoms with van der Waals surface area (Å²) in [6.45, 7) is 0.626. The van der Waals surface area contributed by atoms with Gasteiger partial charge in [0.05, 0.1) is 6.42 Å². The molecule has 3 N–H and O–H groups in total. The Balaban J connectivity index is 1.50. The van der Waals surface area contributed by atoms with Crippen LogP contribution in [0.15, 0.2) is 30.3 Å². The first kappa shape index (κ1) is 19.9. The van der Waals surface area contributed by atoms with Crippen LogP contribution >= 0.6 is 0 Å². The van der Waals surface area contributed by atoms with Crippen molar-refractivity contribution in [1.82, 2.24) is 16.0 Å². The van der Waals surface area contributed by atoms with Crippen molar-refractivity contribution in [1.29, 1.82) is 0 Å². The van der Waals surface area contributed by atoms with Crippen molar-refractivity contribution in [2.45, 2.75) is 57.4 Å². The summed E-state index contributed by atoms with van der Waals surface area (Å²) in [7, 11) is 0. The summed E-state index contributed by atoms with van der Waals surface area (Å²) in [6.07, 6.45) is 6.54. The molecule has 0 aliphatic heterocycles. The van der Waals surface area contributed by atoms with E-state index in [1.54, 1.807) is 0 Å². The third kappa shape index (κ3) is 8.14. The van der Waals surface area contributed by atoms with Crippen LogP contribution < -0.4 is 16.0 Å². The van der Waals surface area contributed by atoms with Gasteiger partial charge in [-0.3, -0.25) is 14.4 Å². The Morgan fingerprint density at radius 1 is 0.808 bits per heavy atom. The maximum atomic E-state index is 11.9. The molecule has 1 aliphatic rings. The summed E-state index contributed by atoms with van der Waals surface area (Å²) in [5.74, 6) is -0.264. The molecule has 6 nitrogen and oxygen atoms in total. The Hall–Kier alpha value is -2.37. The molecule has 0 unspecified atom stereocenters. The Labute approximate surface area is 155 Å². The first-order chi connectivity index (χ1) is 12.6. The number of rotatable bonds is 9. The van der Waals surface area contributed by atoms with Crippen LogP contribution in [0.25, 0.3) is 0 Å². The van der Waals surface area contributed by atoms with E-state index in [0.29, 0.717) is 32.0 Å². The van der Waals surface area contributed by atoms with Crippen molar-refractivity contribution < 1.29 is 14.4 Å². The van der Waals surface area contributed by atoms with Gasteiger partial charge in [-0.15, -0.1) is 0 Å². The van der Waals surface area contributed by atoms with Gasteiger partial charge in [-0.05, 0) is 18.4 Å². The lowest BCUT2D eigenvalue weighted by Crippen LogP contribution is -2.38. The molecule has 0 spiro atoms. The predicted octanol–water partition coefficient (Wildman–Crippen LogP) is 1.69. The van der Waals surface area contributed by atoms with Gasteiger partial charge in [0.1, 0.15) is 0 Å². The monoisotopic (exact) mass is 359 g/mol. The van der Waals surface area contributed by atoms with Crippen LogP contribution in [0, 0.1) is 0 Å². The van der Waals surface area contributed by atoms with Crippen LogP contribution in [0.4, 0.5) is 0 Å². The van der Waals surface area contributed by atoms with E-state index in [1.807, 2.05) is 30.3 Å². The van der Waals surface area contributed by atoms with Gasteiger partial charge in [-0.1, -0.05) is 49.6 Å². The van der Waals surface area contributed by atoms with Crippen molar-refractivity contribution in [3.05, 3.63) is 35.9 Å². The molecule has 0 aromatic heterocycles. The van der Waals surface area contributed by atoms with Gasteiger partial charge in [-0.2, -0.15) is 0 Å². The lowest BCUT2D eigenvalue weighted by Gasteiger charge is -2.22. The van der Waals surface area contributed by atoms with Crippen molar-refractivity contribution in [2.75, 3.05) is 13.1 Å². The molecular formula is C20H29N3O3. The summed E-state index contributed by atoms with van der Waals surface area (Å²) in [6, 6.07) is 9.77. The minimum atomic E-state index is -0.157. The average molecular weight is 359 g/mol. The van der Waals surface area contributed by atoms with E-state index in [1.165, 1.54) is 19.3 Å². The molecule has 1 aliphatic carbocycles. The maximum absolute atomic E-state index is 11.9. The number of benzene rings is 1. The highest BCUT2D eigenvalue weighted by Gasteiger charge is 2.15. The van der Waals surface area contributed by atoms with Crippen molar-refractivity contribution in [3.63, 3.8) is 0 Å². The Bertz CT molecular complexity index is 583. The van der Waals surface area contributed by atoms with Gasteiger partial charge in [0.2, 0.25) is 17.7 Å². The van der Waals surface area contributed by atoms with Crippen LogP contribution in [-0.4, -0.2) is 36.9 Å². The zero-order valence-corrected chi connectivity index (χ0v) is 15.3. The zero-order chi connectivity index (χ0) is 18.6. The fraction of sp³-hybridized carbons (Fsp3) is 0.550. The third-order valence-electron chi connectivity index (χ3n) is 4.53. The van der Waals surface area contributed by atoms with Crippen molar-refractivity contribution >= 4 is 17.7 Å². The Morgan fingerprint density at radius 2 is 1.42 bits per heavy atom. The molecule has 1 aromatic carbocycles. The van der Waals surface area contributed by atoms with Crippen LogP contribution in [0.3, 0.4) is 0 Å². The Morgan fingerprint density at radius 3 is 2.12 bits per heavy atom. The number of hydrogen-bond donors (Lipinski definition) is 3. The SMILES string of the molecule is O=C(CCNC(=O)Cc1ccccc1)NCCC(=O)NC1CCCCC1. The van der Waals surface area contributed by atoms with E-state index in [-0.39, 0.29) is 24.1 Å². The van der Waals surface area contributed by atoms with E-state index in [9.17, 15) is 14.4 Å². The fourth-order valence-corrected chi connectivity index (χ4v) is 3.11. The van der Waals surface area contributed by atoms with Crippen molar-refractivity contribution in [3.8, 4) is 0 Å². The quantitative estimate of drug-likeness (QED) is 0.627. The van der Waals surface area contributed by atoms with Crippen molar-refractivity contribution in [2.24, 2.45) is 0 Å². The molecule has 0 bridgehead atoms. The number of nitrogens with one attached hydrogen (secondary N) is 3. The highest BCUT2D eigenvalue weighted by Crippen LogP contribution is 2.17. The molecule has 0 saturated heterocycles. The molecule has 0 radical (unpaired) electrons. The topological polar surface area (TPSA) is 87.3 Å². The molecule has 2 rings (SSSR count). The van der Waals surface area contributed by atoms with Crippen LogP contribution in [-0.2, 0) is 20.8 Å². The standard InChI is InChI=1S/C20H29N3O3/c24-18(11-13-22-20(26)15-16-7-3-1-4-8-16)21-14-12-19(25)23-17-9-5-2-6-10-17/h1,3-4,7-8,17H,2,5-6,9-15H2,(H,21,24)(H,22,26)(H,23,25). The van der Waals surface area contributed by atoms with Gasteiger partial charge in [0.15, 0.2) is 0 Å². The summed E-state index contributed by atoms with van der Waals surface area (Å²) < 4.78 is 0. The molecule has 0 atom stereocenters. The minimum Gasteiger partial charge on any atom is -0.356 e. The third-order valence-corrected chi connectivity index (χ3v) is 4.53. The summed E-state index contributed by atoms with van der Waals surface area (Å²) in [5, 5.41) is 8.49. The Kier molecular flexibility index (Phi) is 8.66. The summed E-state index contributed by atoms with van der Waals surface area (Å²) in [4.78, 5) is 35.4. The van der Waals surface area contributed by atoms with Crippen LogP contribution in [0.1, 0.15) is 50.5 Å². The van der Waals surface area contributed by atoms with Gasteiger partial charge in [0.25, 0.3) is 0 Å². The van der Waals surface area contributed by atoms with Crippen LogP contribution in [0.5, 0.6) is 0 Å². The second-order valence-corrected chi connectivity index (χ2v) is 6.76. The summed E-state index contributed by atoms with van der Waals surface area (Å²) >= 11 is 0. The fourth-order valence-electron chi connectivity index (χ4n) is 3.11. The smallest absolute Gasteiger partial charge is 0.224 e. The van der Waals surface area contributed by atoms with E-state index in [4.69, 9.17) is 0 Å². The van der Waals surface area contributed by atoms with Gasteiger partial charge < -0.3 is 16.0 Å². The summed E-state index contributed by atoms with van der Waals surface area (Å²) in [5.41, 5.74) is 0.943. The molecule has 142 valence electrons. The van der Waals surface area contributed by atoms with E-state index in [2.05, 4.69) is 16.0 Å². The molecular weight excluding hydrogens is 330 g/mol. The molecule has 6 heteroatoms. The van der Waals surface area contributed by atoms with E-state index < -0.39 is 0 Å². The lowest BCUT2D eigenvalue weighted by atomic mass is 9.95. The normalized spacial score (nSPS) is 14.5. The van der Waals surface area contributed by atoms with E-state index >= 15 is 0 Å². The van der Waals surface area contributed by atoms with E-state index in [0.717, 1.165) is 18.4 Å². The van der Waals surface area contributed by atoms with Gasteiger partial charge >= 0.3 is 0 Å². The lowest BCUT2D eigenvalue weighted by molar-refractivity contribution is -0.122. The first-order valence-electron chi connectivity index (χ1n) is 9.50. The molecule has 1 saturated carbocycles. The highest BCUT2D eigenvalue weighted by molar-refractivity contribution is 5.81. The second-order valence-electron chi connectivity index (χ2n) is 6.76. The average Bonchev–Trinajstić information content (AvgIpc) is 2.63. The number of hydrogen-bond acceptors (Lipinski definition) is 3. The highest BCUT2D eigenvalue weighted by atomic mass is 16.2. The largest absolute Gasteiger partial charge is 0.356 e. The van der Waals surface area contributed by atoms with Crippen LogP contribution in [0.2, 0.25) is 0 Å². The molecule has 0 heterocycles. The van der Waals surface area contributed by atoms with Gasteiger partial charge in [-0.25, -0.2) is 0 Å². The molecule has 26 heavy (non-hydrogen) atoms. The maximum Gasteiger partial charge on any atom is 0.224 e. The minimum absolute atomic E-state index is 0.00614. The number of amides is 3.